The Bertz CT molecular complexity index is 1060. The first kappa shape index (κ1) is 21.3. The van der Waals surface area contributed by atoms with Gasteiger partial charge in [-0.15, -0.1) is 0 Å². The average Bonchev–Trinajstić information content (AvgIpc) is 2.84. The number of carboxylic acids is 1. The van der Waals surface area contributed by atoms with Crippen molar-refractivity contribution in [1.82, 2.24) is 9.88 Å². The Balaban J connectivity index is 1.49. The van der Waals surface area contributed by atoms with E-state index in [1.54, 1.807) is 42.6 Å². The zero-order chi connectivity index (χ0) is 22.3. The molecule has 4 rings (SSSR count). The minimum Gasteiger partial charge on any atom is -0.478 e. The van der Waals surface area contributed by atoms with E-state index in [9.17, 15) is 9.18 Å². The molecule has 0 bridgehead atoms. The van der Waals surface area contributed by atoms with Gasteiger partial charge in [-0.25, -0.2) is 19.2 Å². The van der Waals surface area contributed by atoms with E-state index in [-0.39, 0.29) is 11.4 Å². The van der Waals surface area contributed by atoms with Crippen molar-refractivity contribution in [1.29, 1.82) is 0 Å². The van der Waals surface area contributed by atoms with Crippen molar-refractivity contribution in [2.75, 3.05) is 36.4 Å². The number of aliphatic imine (C=N–C) groups is 1. The van der Waals surface area contributed by atoms with Crippen molar-refractivity contribution in [3.05, 3.63) is 89.9 Å². The molecule has 0 unspecified atom stereocenters. The molecule has 0 radical (unpaired) electrons. The van der Waals surface area contributed by atoms with Gasteiger partial charge < -0.3 is 20.2 Å². The van der Waals surface area contributed by atoms with Crippen LogP contribution >= 0.6 is 0 Å². The molecule has 164 valence electrons. The molecule has 0 saturated carbocycles. The molecular formula is C24H24FN5O2. The van der Waals surface area contributed by atoms with Crippen LogP contribution in [0.5, 0.6) is 0 Å². The number of aromatic nitrogens is 1. The van der Waals surface area contributed by atoms with Gasteiger partial charge >= 0.3 is 5.97 Å². The molecule has 0 aliphatic carbocycles. The lowest BCUT2D eigenvalue weighted by Gasteiger charge is -2.37. The lowest BCUT2D eigenvalue weighted by atomic mass is 10.2. The van der Waals surface area contributed by atoms with Crippen LogP contribution in [0.4, 0.5) is 15.9 Å². The van der Waals surface area contributed by atoms with E-state index in [0.717, 1.165) is 43.2 Å². The number of nitrogens with one attached hydrogen (secondary N) is 1. The molecule has 1 aliphatic rings. The molecule has 1 fully saturated rings. The Kier molecular flexibility index (Phi) is 6.60. The number of aromatic carboxylic acids is 1. The Morgan fingerprint density at radius 2 is 1.72 bits per heavy atom. The lowest BCUT2D eigenvalue weighted by Crippen LogP contribution is -2.51. The van der Waals surface area contributed by atoms with Gasteiger partial charge in [0.2, 0.25) is 0 Å². The number of halogens is 1. The Morgan fingerprint density at radius 3 is 2.34 bits per heavy atom. The fraction of sp³-hybridized carbons (Fsp3) is 0.208. The quantitative estimate of drug-likeness (QED) is 0.472. The molecule has 32 heavy (non-hydrogen) atoms. The summed E-state index contributed by atoms with van der Waals surface area (Å²) in [5.41, 5.74) is 1.88. The molecule has 1 aliphatic heterocycles. The maximum atomic E-state index is 13.2. The maximum absolute atomic E-state index is 13.2. The average molecular weight is 433 g/mol. The second kappa shape index (κ2) is 9.91. The third-order valence-corrected chi connectivity index (χ3v) is 5.27. The number of benzene rings is 2. The summed E-state index contributed by atoms with van der Waals surface area (Å²) in [5, 5.41) is 12.4. The van der Waals surface area contributed by atoms with Crippen molar-refractivity contribution in [2.45, 2.75) is 6.54 Å². The van der Waals surface area contributed by atoms with Gasteiger partial charge in [-0.05, 0) is 54.1 Å². The van der Waals surface area contributed by atoms with E-state index in [1.807, 2.05) is 18.2 Å². The van der Waals surface area contributed by atoms with Crippen LogP contribution in [-0.2, 0) is 6.54 Å². The van der Waals surface area contributed by atoms with E-state index in [4.69, 9.17) is 10.1 Å². The topological polar surface area (TPSA) is 81.1 Å². The van der Waals surface area contributed by atoms with Gasteiger partial charge in [-0.3, -0.25) is 0 Å². The summed E-state index contributed by atoms with van der Waals surface area (Å²) < 4.78 is 13.2. The summed E-state index contributed by atoms with van der Waals surface area (Å²) in [5.74, 6) is 0.403. The van der Waals surface area contributed by atoms with Crippen molar-refractivity contribution >= 4 is 23.4 Å². The number of nitrogens with zero attached hydrogens (tertiary/aromatic N) is 4. The highest BCUT2D eigenvalue weighted by molar-refractivity contribution is 5.94. The molecule has 2 N–H and O–H groups in total. The molecule has 1 aromatic heterocycles. The van der Waals surface area contributed by atoms with Gasteiger partial charge in [0, 0.05) is 38.1 Å². The number of rotatable bonds is 5. The molecule has 2 heterocycles. The molecule has 3 aromatic rings. The van der Waals surface area contributed by atoms with Gasteiger partial charge in [0.05, 0.1) is 12.1 Å². The third kappa shape index (κ3) is 5.40. The van der Waals surface area contributed by atoms with Crippen molar-refractivity contribution < 1.29 is 14.3 Å². The van der Waals surface area contributed by atoms with E-state index in [0.29, 0.717) is 12.5 Å². The predicted octanol–water partition coefficient (Wildman–Crippen LogP) is 3.71. The van der Waals surface area contributed by atoms with Gasteiger partial charge in [0.1, 0.15) is 11.6 Å². The molecule has 2 aromatic carbocycles. The molecule has 8 heteroatoms. The summed E-state index contributed by atoms with van der Waals surface area (Å²) in [6.07, 6.45) is 1.79. The molecule has 0 atom stereocenters. The first-order chi connectivity index (χ1) is 15.6. The van der Waals surface area contributed by atoms with Crippen LogP contribution in [0.15, 0.2) is 77.9 Å². The highest BCUT2D eigenvalue weighted by Gasteiger charge is 2.21. The highest BCUT2D eigenvalue weighted by atomic mass is 19.1. The number of pyridine rings is 1. The van der Waals surface area contributed by atoms with Crippen LogP contribution < -0.4 is 10.2 Å². The largest absolute Gasteiger partial charge is 0.478 e. The number of carbonyl (C=O) groups is 1. The Labute approximate surface area is 185 Å². The summed E-state index contributed by atoms with van der Waals surface area (Å²) in [6.45, 7) is 3.49. The fourth-order valence-electron chi connectivity index (χ4n) is 3.49. The van der Waals surface area contributed by atoms with Gasteiger partial charge in [0.15, 0.2) is 5.96 Å². The molecule has 0 amide bonds. The van der Waals surface area contributed by atoms with Crippen molar-refractivity contribution in [3.8, 4) is 0 Å². The highest BCUT2D eigenvalue weighted by Crippen LogP contribution is 2.16. The minimum absolute atomic E-state index is 0.226. The zero-order valence-corrected chi connectivity index (χ0v) is 17.5. The Morgan fingerprint density at radius 1 is 1.00 bits per heavy atom. The van der Waals surface area contributed by atoms with Crippen molar-refractivity contribution in [3.63, 3.8) is 0 Å². The van der Waals surface area contributed by atoms with Crippen LogP contribution in [0.2, 0.25) is 0 Å². The molecule has 1 saturated heterocycles. The van der Waals surface area contributed by atoms with Gasteiger partial charge in [-0.2, -0.15) is 0 Å². The fourth-order valence-corrected chi connectivity index (χ4v) is 3.49. The van der Waals surface area contributed by atoms with Gasteiger partial charge in [-0.1, -0.05) is 18.2 Å². The number of hydrogen-bond donors (Lipinski definition) is 2. The summed E-state index contributed by atoms with van der Waals surface area (Å²) in [6, 6.07) is 18.7. The number of anilines is 2. The zero-order valence-electron chi connectivity index (χ0n) is 17.5. The van der Waals surface area contributed by atoms with E-state index >= 15 is 0 Å². The third-order valence-electron chi connectivity index (χ3n) is 5.27. The van der Waals surface area contributed by atoms with E-state index in [1.165, 1.54) is 12.1 Å². The first-order valence-corrected chi connectivity index (χ1v) is 10.4. The Hall–Kier alpha value is -3.94. The van der Waals surface area contributed by atoms with Crippen molar-refractivity contribution in [2.24, 2.45) is 4.99 Å². The predicted molar refractivity (Wildman–Crippen MR) is 123 cm³/mol. The molecular weight excluding hydrogens is 409 g/mol. The second-order valence-electron chi connectivity index (χ2n) is 7.44. The minimum atomic E-state index is -0.965. The van der Waals surface area contributed by atoms with Gasteiger partial charge in [0.25, 0.3) is 0 Å². The number of hydrogen-bond acceptors (Lipinski definition) is 4. The maximum Gasteiger partial charge on any atom is 0.335 e. The number of guanidine groups is 1. The van der Waals surface area contributed by atoms with E-state index in [2.05, 4.69) is 20.1 Å². The van der Waals surface area contributed by atoms with Crippen LogP contribution in [0, 0.1) is 5.82 Å². The standard InChI is InChI=1S/C24H24FN5O2/c25-20-8-4-18(5-9-20)17-27-24(28-21-10-6-19(7-11-21)23(31)32)30-15-13-29(14-16-30)22-3-1-2-12-26-22/h1-12H,13-17H2,(H,27,28)(H,31,32). The van der Waals surface area contributed by atoms with Crippen LogP contribution in [0.3, 0.4) is 0 Å². The number of piperazine rings is 1. The molecule has 0 spiro atoms. The second-order valence-corrected chi connectivity index (χ2v) is 7.44. The lowest BCUT2D eigenvalue weighted by molar-refractivity contribution is 0.0697. The number of carboxylic acid groups (broad SMARTS) is 1. The van der Waals surface area contributed by atoms with Crippen LogP contribution in [-0.4, -0.2) is 53.1 Å². The normalized spacial score (nSPS) is 14.3. The molecule has 7 nitrogen and oxygen atoms in total. The van der Waals surface area contributed by atoms with Crippen LogP contribution in [0.25, 0.3) is 0 Å². The first-order valence-electron chi connectivity index (χ1n) is 10.4. The monoisotopic (exact) mass is 433 g/mol. The summed E-state index contributed by atoms with van der Waals surface area (Å²) in [7, 11) is 0. The summed E-state index contributed by atoms with van der Waals surface area (Å²) in [4.78, 5) is 24.7. The summed E-state index contributed by atoms with van der Waals surface area (Å²) >= 11 is 0. The van der Waals surface area contributed by atoms with Crippen LogP contribution in [0.1, 0.15) is 15.9 Å². The van der Waals surface area contributed by atoms with E-state index < -0.39 is 5.97 Å². The SMILES string of the molecule is O=C(O)c1ccc(NC(=NCc2ccc(F)cc2)N2CCN(c3ccccn3)CC2)cc1. The smallest absolute Gasteiger partial charge is 0.335 e.